The predicted molar refractivity (Wildman–Crippen MR) is 73.9 cm³/mol. The summed E-state index contributed by atoms with van der Waals surface area (Å²) in [6, 6.07) is 4.00. The summed E-state index contributed by atoms with van der Waals surface area (Å²) in [7, 11) is 0. The summed E-state index contributed by atoms with van der Waals surface area (Å²) < 4.78 is 0. The third kappa shape index (κ3) is 3.92. The van der Waals surface area contributed by atoms with E-state index < -0.39 is 5.97 Å². The Balaban J connectivity index is 2.06. The van der Waals surface area contributed by atoms with Gasteiger partial charge in [-0.2, -0.15) is 0 Å². The Morgan fingerprint density at radius 3 is 2.68 bits per heavy atom. The highest BCUT2D eigenvalue weighted by molar-refractivity contribution is 7.10. The first-order chi connectivity index (χ1) is 9.16. The summed E-state index contributed by atoms with van der Waals surface area (Å²) in [6.07, 6.45) is 6.59. The van der Waals surface area contributed by atoms with Crippen LogP contribution in [-0.2, 0) is 9.59 Å². The maximum Gasteiger partial charge on any atom is 0.328 e. The Kier molecular flexibility index (Phi) is 4.74. The molecule has 1 aliphatic rings. The average Bonchev–Trinajstić information content (AvgIpc) is 3.05. The van der Waals surface area contributed by atoms with Crippen LogP contribution in [0.4, 0.5) is 0 Å². The number of amides is 1. The van der Waals surface area contributed by atoms with Gasteiger partial charge in [0.1, 0.15) is 0 Å². The minimum Gasteiger partial charge on any atom is -0.478 e. The number of thiophene rings is 1. The maximum atomic E-state index is 11.8. The fraction of sp³-hybridized carbons (Fsp3) is 0.429. The molecule has 4 nitrogen and oxygen atoms in total. The number of aliphatic carboxylic acids is 1. The van der Waals surface area contributed by atoms with Crippen LogP contribution in [0, 0.1) is 5.92 Å². The van der Waals surface area contributed by atoms with Gasteiger partial charge < -0.3 is 10.4 Å². The molecular formula is C14H17NO3S. The average molecular weight is 279 g/mol. The van der Waals surface area contributed by atoms with Crippen LogP contribution >= 0.6 is 11.3 Å². The van der Waals surface area contributed by atoms with E-state index in [1.54, 1.807) is 11.3 Å². The summed E-state index contributed by atoms with van der Waals surface area (Å²) in [5.41, 5.74) is 0. The van der Waals surface area contributed by atoms with Crippen LogP contribution in [0.3, 0.4) is 0 Å². The number of carboxylic acid groups (broad SMARTS) is 1. The van der Waals surface area contributed by atoms with Crippen LogP contribution in [0.15, 0.2) is 29.7 Å². The summed E-state index contributed by atoms with van der Waals surface area (Å²) in [5, 5.41) is 13.5. The standard InChI is InChI=1S/C14H17NO3S/c16-12(7-8-13(17)18)15-14(10-4-1-2-5-10)11-6-3-9-19-11/h3,6-10,14H,1-2,4-5H2,(H,15,16)(H,17,18)/b8-7+. The molecule has 0 aliphatic heterocycles. The lowest BCUT2D eigenvalue weighted by Crippen LogP contribution is -2.31. The van der Waals surface area contributed by atoms with Gasteiger partial charge in [0.25, 0.3) is 0 Å². The second kappa shape index (κ2) is 6.52. The number of rotatable bonds is 5. The zero-order valence-corrected chi connectivity index (χ0v) is 11.4. The van der Waals surface area contributed by atoms with Crippen LogP contribution in [0.2, 0.25) is 0 Å². The van der Waals surface area contributed by atoms with Gasteiger partial charge in [-0.25, -0.2) is 4.79 Å². The van der Waals surface area contributed by atoms with Crippen molar-refractivity contribution in [1.82, 2.24) is 5.32 Å². The van der Waals surface area contributed by atoms with Gasteiger partial charge in [0.15, 0.2) is 0 Å². The van der Waals surface area contributed by atoms with Gasteiger partial charge in [-0.05, 0) is 30.2 Å². The molecule has 1 atom stereocenters. The summed E-state index contributed by atoms with van der Waals surface area (Å²) in [4.78, 5) is 23.3. The molecular weight excluding hydrogens is 262 g/mol. The number of carbonyl (C=O) groups is 2. The van der Waals surface area contributed by atoms with Crippen molar-refractivity contribution in [3.63, 3.8) is 0 Å². The molecule has 5 heteroatoms. The van der Waals surface area contributed by atoms with Crippen molar-refractivity contribution in [3.8, 4) is 0 Å². The molecule has 1 heterocycles. The molecule has 102 valence electrons. The van der Waals surface area contributed by atoms with E-state index in [0.29, 0.717) is 5.92 Å². The van der Waals surface area contributed by atoms with E-state index in [1.807, 2.05) is 17.5 Å². The molecule has 2 N–H and O–H groups in total. The van der Waals surface area contributed by atoms with E-state index in [0.717, 1.165) is 29.9 Å². The number of carbonyl (C=O) groups excluding carboxylic acids is 1. The highest BCUT2D eigenvalue weighted by atomic mass is 32.1. The number of hydrogen-bond donors (Lipinski definition) is 2. The van der Waals surface area contributed by atoms with Gasteiger partial charge in [-0.3, -0.25) is 4.79 Å². The normalized spacial score (nSPS) is 17.7. The summed E-state index contributed by atoms with van der Waals surface area (Å²) >= 11 is 1.63. The highest BCUT2D eigenvalue weighted by Crippen LogP contribution is 2.37. The Bertz CT molecular complexity index is 461. The molecule has 1 saturated carbocycles. The van der Waals surface area contributed by atoms with Crippen molar-refractivity contribution in [2.45, 2.75) is 31.7 Å². The summed E-state index contributed by atoms with van der Waals surface area (Å²) in [6.45, 7) is 0. The van der Waals surface area contributed by atoms with Gasteiger partial charge in [0, 0.05) is 17.0 Å². The zero-order chi connectivity index (χ0) is 13.7. The second-order valence-corrected chi connectivity index (χ2v) is 5.70. The van der Waals surface area contributed by atoms with E-state index in [2.05, 4.69) is 5.32 Å². The van der Waals surface area contributed by atoms with Crippen molar-refractivity contribution in [2.24, 2.45) is 5.92 Å². The van der Waals surface area contributed by atoms with Crippen LogP contribution in [0.1, 0.15) is 36.6 Å². The molecule has 19 heavy (non-hydrogen) atoms. The van der Waals surface area contributed by atoms with Crippen LogP contribution in [0.5, 0.6) is 0 Å². The van der Waals surface area contributed by atoms with Crippen molar-refractivity contribution in [2.75, 3.05) is 0 Å². The van der Waals surface area contributed by atoms with E-state index in [9.17, 15) is 9.59 Å². The molecule has 1 fully saturated rings. The fourth-order valence-corrected chi connectivity index (χ4v) is 3.40. The van der Waals surface area contributed by atoms with Gasteiger partial charge in [-0.15, -0.1) is 11.3 Å². The molecule has 0 radical (unpaired) electrons. The molecule has 0 spiro atoms. The minimum absolute atomic E-state index is 0.00782. The highest BCUT2D eigenvalue weighted by Gasteiger charge is 2.27. The lowest BCUT2D eigenvalue weighted by atomic mass is 9.96. The molecule has 1 aliphatic carbocycles. The topological polar surface area (TPSA) is 66.4 Å². The van der Waals surface area contributed by atoms with E-state index in [4.69, 9.17) is 5.11 Å². The molecule has 0 bridgehead atoms. The quantitative estimate of drug-likeness (QED) is 0.814. The van der Waals surface area contributed by atoms with Gasteiger partial charge in [-0.1, -0.05) is 18.9 Å². The SMILES string of the molecule is O=C(O)/C=C/C(=O)NC(c1cccs1)C1CCCC1. The maximum absolute atomic E-state index is 11.8. The number of carboxylic acids is 1. The lowest BCUT2D eigenvalue weighted by Gasteiger charge is -2.23. The van der Waals surface area contributed by atoms with Crippen molar-refractivity contribution < 1.29 is 14.7 Å². The Morgan fingerprint density at radius 2 is 2.11 bits per heavy atom. The van der Waals surface area contributed by atoms with Crippen molar-refractivity contribution >= 4 is 23.2 Å². The molecule has 0 aromatic carbocycles. The molecule has 1 aromatic heterocycles. The van der Waals surface area contributed by atoms with E-state index in [1.165, 1.54) is 12.8 Å². The minimum atomic E-state index is -1.11. The largest absolute Gasteiger partial charge is 0.478 e. The smallest absolute Gasteiger partial charge is 0.328 e. The molecule has 1 unspecified atom stereocenters. The number of hydrogen-bond acceptors (Lipinski definition) is 3. The third-order valence-corrected chi connectivity index (χ3v) is 4.35. The lowest BCUT2D eigenvalue weighted by molar-refractivity contribution is -0.131. The fourth-order valence-electron chi connectivity index (χ4n) is 2.53. The van der Waals surface area contributed by atoms with Crippen molar-refractivity contribution in [1.29, 1.82) is 0 Å². The third-order valence-electron chi connectivity index (χ3n) is 3.40. The predicted octanol–water partition coefficient (Wildman–Crippen LogP) is 2.74. The van der Waals surface area contributed by atoms with Gasteiger partial charge in [0.05, 0.1) is 6.04 Å². The Morgan fingerprint density at radius 1 is 1.37 bits per heavy atom. The second-order valence-electron chi connectivity index (χ2n) is 4.72. The Hall–Kier alpha value is -1.62. The Labute approximate surface area is 116 Å². The summed E-state index contributed by atoms with van der Waals surface area (Å²) in [5.74, 6) is -0.989. The molecule has 1 amide bonds. The monoisotopic (exact) mass is 279 g/mol. The first kappa shape index (κ1) is 13.8. The number of nitrogens with one attached hydrogen (secondary N) is 1. The van der Waals surface area contributed by atoms with E-state index >= 15 is 0 Å². The molecule has 2 rings (SSSR count). The van der Waals surface area contributed by atoms with Crippen LogP contribution in [0.25, 0.3) is 0 Å². The molecule has 1 aromatic rings. The first-order valence-corrected chi connectivity index (χ1v) is 7.29. The van der Waals surface area contributed by atoms with Gasteiger partial charge in [0.2, 0.25) is 5.91 Å². The van der Waals surface area contributed by atoms with Gasteiger partial charge >= 0.3 is 5.97 Å². The van der Waals surface area contributed by atoms with Crippen LogP contribution < -0.4 is 5.32 Å². The van der Waals surface area contributed by atoms with Crippen LogP contribution in [-0.4, -0.2) is 17.0 Å². The zero-order valence-electron chi connectivity index (χ0n) is 10.5. The van der Waals surface area contributed by atoms with E-state index in [-0.39, 0.29) is 11.9 Å². The first-order valence-electron chi connectivity index (χ1n) is 6.41. The van der Waals surface area contributed by atoms with Crippen molar-refractivity contribution in [3.05, 3.63) is 34.5 Å². The molecule has 0 saturated heterocycles.